The van der Waals surface area contributed by atoms with Crippen LogP contribution in [-0.4, -0.2) is 0 Å². The highest BCUT2D eigenvalue weighted by atomic mass is 35.5. The fraction of sp³-hybridized carbons (Fsp3) is 0.571. The molecule has 84 valence electrons. The molecule has 0 saturated heterocycles. The van der Waals surface area contributed by atoms with Crippen LogP contribution in [0.5, 0.6) is 0 Å². The Hall–Kier alpha value is -0.490. The normalized spacial score (nSPS) is 14.0. The fourth-order valence-corrected chi connectivity index (χ4v) is 1.84. The monoisotopic (exact) mass is 224 g/mol. The third kappa shape index (κ3) is 2.75. The molecule has 0 fully saturated rings. The van der Waals surface area contributed by atoms with Crippen LogP contribution >= 0.6 is 11.6 Å². The van der Waals surface area contributed by atoms with Crippen molar-refractivity contribution in [1.29, 1.82) is 0 Å². The summed E-state index contributed by atoms with van der Waals surface area (Å²) in [7, 11) is 0. The number of hydrogen-bond donors (Lipinski definition) is 0. The molecule has 0 bridgehead atoms. The lowest BCUT2D eigenvalue weighted by Crippen LogP contribution is -2.17. The van der Waals surface area contributed by atoms with Gasteiger partial charge in [-0.25, -0.2) is 0 Å². The van der Waals surface area contributed by atoms with Crippen molar-refractivity contribution in [1.82, 2.24) is 0 Å². The lowest BCUT2D eigenvalue weighted by molar-refractivity contribution is 0.336. The average molecular weight is 225 g/mol. The van der Waals surface area contributed by atoms with Crippen LogP contribution < -0.4 is 0 Å². The van der Waals surface area contributed by atoms with E-state index in [0.717, 1.165) is 6.42 Å². The summed E-state index contributed by atoms with van der Waals surface area (Å²) in [6.07, 6.45) is 1.09. The van der Waals surface area contributed by atoms with Gasteiger partial charge in [0.15, 0.2) is 0 Å². The number of hydrogen-bond acceptors (Lipinski definition) is 0. The van der Waals surface area contributed by atoms with Gasteiger partial charge in [-0.05, 0) is 42.4 Å². The lowest BCUT2D eigenvalue weighted by Gasteiger charge is -2.29. The van der Waals surface area contributed by atoms with E-state index >= 15 is 0 Å². The predicted molar refractivity (Wildman–Crippen MR) is 68.6 cm³/mol. The minimum atomic E-state index is 0.0989. The van der Waals surface area contributed by atoms with E-state index in [9.17, 15) is 0 Å². The summed E-state index contributed by atoms with van der Waals surface area (Å²) < 4.78 is 0. The van der Waals surface area contributed by atoms with Gasteiger partial charge >= 0.3 is 0 Å². The Morgan fingerprint density at radius 3 is 2.27 bits per heavy atom. The standard InChI is InChI=1S/C14H21Cl/c1-6-14(4,5)13(15)12-8-7-10(2)11(3)9-12/h7-9,13H,6H2,1-5H3. The molecule has 1 aromatic carbocycles. The van der Waals surface area contributed by atoms with Crippen molar-refractivity contribution >= 4 is 11.6 Å². The van der Waals surface area contributed by atoms with Gasteiger partial charge in [0.2, 0.25) is 0 Å². The molecule has 15 heavy (non-hydrogen) atoms. The molecule has 1 rings (SSSR count). The molecule has 1 heteroatoms. The highest BCUT2D eigenvalue weighted by Crippen LogP contribution is 2.41. The van der Waals surface area contributed by atoms with Crippen molar-refractivity contribution in [2.24, 2.45) is 5.41 Å². The number of aryl methyl sites for hydroxylation is 2. The highest BCUT2D eigenvalue weighted by molar-refractivity contribution is 6.21. The largest absolute Gasteiger partial charge is 0.117 e. The van der Waals surface area contributed by atoms with Crippen molar-refractivity contribution in [3.05, 3.63) is 34.9 Å². The van der Waals surface area contributed by atoms with Crippen LogP contribution in [0.15, 0.2) is 18.2 Å². The Morgan fingerprint density at radius 2 is 1.80 bits per heavy atom. The topological polar surface area (TPSA) is 0 Å². The Labute approximate surface area is 98.7 Å². The molecule has 0 N–H and O–H groups in total. The molecule has 0 amide bonds. The molecule has 0 aliphatic rings. The Morgan fingerprint density at radius 1 is 1.20 bits per heavy atom. The maximum absolute atomic E-state index is 6.52. The van der Waals surface area contributed by atoms with E-state index in [-0.39, 0.29) is 10.8 Å². The van der Waals surface area contributed by atoms with Crippen LogP contribution in [0.1, 0.15) is 49.3 Å². The summed E-state index contributed by atoms with van der Waals surface area (Å²) in [6.45, 7) is 10.9. The zero-order valence-electron chi connectivity index (χ0n) is 10.4. The smallest absolute Gasteiger partial charge is 0.0636 e. The van der Waals surface area contributed by atoms with E-state index in [0.29, 0.717) is 0 Å². The molecule has 1 unspecified atom stereocenters. The maximum Gasteiger partial charge on any atom is 0.0636 e. The summed E-state index contributed by atoms with van der Waals surface area (Å²) in [5, 5.41) is 0.0989. The van der Waals surface area contributed by atoms with E-state index in [1.165, 1.54) is 16.7 Å². The molecular formula is C14H21Cl. The molecular weight excluding hydrogens is 204 g/mol. The van der Waals surface area contributed by atoms with Gasteiger partial charge in [-0.3, -0.25) is 0 Å². The molecule has 1 atom stereocenters. The molecule has 0 heterocycles. The fourth-order valence-electron chi connectivity index (χ4n) is 1.55. The highest BCUT2D eigenvalue weighted by Gasteiger charge is 2.27. The Balaban J connectivity index is 3.02. The lowest BCUT2D eigenvalue weighted by atomic mass is 9.82. The quantitative estimate of drug-likeness (QED) is 0.633. The summed E-state index contributed by atoms with van der Waals surface area (Å²) >= 11 is 6.52. The van der Waals surface area contributed by atoms with E-state index in [1.54, 1.807) is 0 Å². The van der Waals surface area contributed by atoms with Crippen molar-refractivity contribution in [3.63, 3.8) is 0 Å². The van der Waals surface area contributed by atoms with Gasteiger partial charge < -0.3 is 0 Å². The first-order valence-corrected chi connectivity index (χ1v) is 6.03. The van der Waals surface area contributed by atoms with Crippen molar-refractivity contribution in [2.75, 3.05) is 0 Å². The first-order chi connectivity index (χ1) is 6.88. The summed E-state index contributed by atoms with van der Waals surface area (Å²) in [5.41, 5.74) is 4.05. The Bertz CT molecular complexity index is 339. The van der Waals surface area contributed by atoms with E-state index in [4.69, 9.17) is 11.6 Å². The van der Waals surface area contributed by atoms with Gasteiger partial charge in [-0.15, -0.1) is 11.6 Å². The zero-order chi connectivity index (χ0) is 11.6. The van der Waals surface area contributed by atoms with E-state index < -0.39 is 0 Å². The Kier molecular flexibility index (Phi) is 3.83. The predicted octanol–water partition coefficient (Wildman–Crippen LogP) is 5.02. The summed E-state index contributed by atoms with van der Waals surface area (Å²) in [6, 6.07) is 6.52. The SMILES string of the molecule is CCC(C)(C)C(Cl)c1ccc(C)c(C)c1. The van der Waals surface area contributed by atoms with Crippen LogP contribution in [-0.2, 0) is 0 Å². The van der Waals surface area contributed by atoms with E-state index in [1.807, 2.05) is 0 Å². The number of benzene rings is 1. The number of halogens is 1. The molecule has 0 radical (unpaired) electrons. The second-order valence-corrected chi connectivity index (χ2v) is 5.48. The second-order valence-electron chi connectivity index (χ2n) is 5.05. The van der Waals surface area contributed by atoms with Crippen molar-refractivity contribution in [3.8, 4) is 0 Å². The first kappa shape index (κ1) is 12.6. The molecule has 0 aliphatic carbocycles. The molecule has 0 saturated carbocycles. The molecule has 0 spiro atoms. The minimum Gasteiger partial charge on any atom is -0.117 e. The van der Waals surface area contributed by atoms with Gasteiger partial charge in [0.1, 0.15) is 0 Å². The summed E-state index contributed by atoms with van der Waals surface area (Å²) in [5.74, 6) is 0. The van der Waals surface area contributed by atoms with Crippen molar-refractivity contribution in [2.45, 2.75) is 46.4 Å². The second kappa shape index (κ2) is 4.57. The van der Waals surface area contributed by atoms with Crippen LogP contribution in [0.4, 0.5) is 0 Å². The molecule has 1 aromatic rings. The van der Waals surface area contributed by atoms with E-state index in [2.05, 4.69) is 52.8 Å². The van der Waals surface area contributed by atoms with Gasteiger partial charge in [-0.1, -0.05) is 39.0 Å². The molecule has 0 aliphatic heterocycles. The van der Waals surface area contributed by atoms with Crippen LogP contribution in [0, 0.1) is 19.3 Å². The van der Waals surface area contributed by atoms with Crippen LogP contribution in [0.3, 0.4) is 0 Å². The van der Waals surface area contributed by atoms with Gasteiger partial charge in [-0.2, -0.15) is 0 Å². The number of rotatable bonds is 3. The van der Waals surface area contributed by atoms with Gasteiger partial charge in [0.25, 0.3) is 0 Å². The minimum absolute atomic E-state index is 0.0989. The number of alkyl halides is 1. The first-order valence-electron chi connectivity index (χ1n) is 5.59. The van der Waals surface area contributed by atoms with Gasteiger partial charge in [0, 0.05) is 0 Å². The third-order valence-corrected chi connectivity index (χ3v) is 4.26. The average Bonchev–Trinajstić information content (AvgIpc) is 2.21. The summed E-state index contributed by atoms with van der Waals surface area (Å²) in [4.78, 5) is 0. The van der Waals surface area contributed by atoms with Crippen molar-refractivity contribution < 1.29 is 0 Å². The van der Waals surface area contributed by atoms with Gasteiger partial charge in [0.05, 0.1) is 5.38 Å². The zero-order valence-corrected chi connectivity index (χ0v) is 11.2. The van der Waals surface area contributed by atoms with Crippen LogP contribution in [0.25, 0.3) is 0 Å². The maximum atomic E-state index is 6.52. The molecule has 0 nitrogen and oxygen atoms in total. The molecule has 0 aromatic heterocycles. The van der Waals surface area contributed by atoms with Crippen LogP contribution in [0.2, 0.25) is 0 Å². The third-order valence-electron chi connectivity index (χ3n) is 3.42.